The van der Waals surface area contributed by atoms with Gasteiger partial charge in [-0.3, -0.25) is 0 Å². The minimum Gasteiger partial charge on any atom is -0.394 e. The van der Waals surface area contributed by atoms with Crippen LogP contribution in [0.4, 0.5) is 0 Å². The first kappa shape index (κ1) is 20.8. The summed E-state index contributed by atoms with van der Waals surface area (Å²) in [7, 11) is 0. The normalized spacial score (nSPS) is 47.6. The van der Waals surface area contributed by atoms with E-state index in [-0.39, 0.29) is 0 Å². The minimum absolute atomic E-state index is 0.711. The zero-order valence-electron chi connectivity index (χ0n) is 13.1. The topological polar surface area (TPSA) is 210 Å². The summed E-state index contributed by atoms with van der Waals surface area (Å²) in [5.41, 5.74) is -2.06. The molecule has 9 atom stereocenters. The number of aliphatic hydroxyl groups is 9. The quantitative estimate of drug-likeness (QED) is 0.221. The lowest BCUT2D eigenvalue weighted by Crippen LogP contribution is -2.69. The molecule has 2 heterocycles. The molecule has 0 aliphatic carbocycles. The van der Waals surface area contributed by atoms with Crippen LogP contribution >= 0.6 is 0 Å². The second-order valence-corrected chi connectivity index (χ2v) is 6.13. The van der Waals surface area contributed by atoms with Crippen LogP contribution in [0.5, 0.6) is 0 Å². The van der Waals surface area contributed by atoms with Crippen LogP contribution < -0.4 is 0 Å². The zero-order chi connectivity index (χ0) is 18.9. The maximum Gasteiger partial charge on any atom is 0.190 e. The first-order valence-corrected chi connectivity index (χ1v) is 7.62. The highest BCUT2D eigenvalue weighted by Gasteiger charge is 2.55. The molecule has 0 radical (unpaired) electrons. The van der Waals surface area contributed by atoms with Crippen LogP contribution in [0, 0.1) is 0 Å². The fraction of sp³-hybridized carbons (Fsp3) is 1.00. The molecule has 2 aliphatic rings. The molecule has 0 saturated carbocycles. The standard InChI is InChI=1S/C13H24O12/c14-1-4-5(17)6(18)8(20)11(23-4)24-12-9(21)7(19)10(22)13(2-15,3-16)25-12/h4-12,14-22H,1-3H2/t4-,5+,6+,7-,8-,9-,10-,11-,12-/m1/s1. The third kappa shape index (κ3) is 3.66. The molecule has 12 heteroatoms. The Labute approximate surface area is 142 Å². The van der Waals surface area contributed by atoms with E-state index in [0.717, 1.165) is 0 Å². The molecule has 0 aromatic rings. The van der Waals surface area contributed by atoms with Crippen molar-refractivity contribution < 1.29 is 60.2 Å². The number of ether oxygens (including phenoxy) is 3. The van der Waals surface area contributed by atoms with E-state index in [1.54, 1.807) is 0 Å². The maximum atomic E-state index is 9.97. The van der Waals surface area contributed by atoms with Gasteiger partial charge in [0.25, 0.3) is 0 Å². The first-order chi connectivity index (χ1) is 11.7. The summed E-state index contributed by atoms with van der Waals surface area (Å²) < 4.78 is 15.4. The van der Waals surface area contributed by atoms with Crippen molar-refractivity contribution in [1.82, 2.24) is 0 Å². The van der Waals surface area contributed by atoms with Gasteiger partial charge in [-0.2, -0.15) is 0 Å². The highest BCUT2D eigenvalue weighted by atomic mass is 16.8. The van der Waals surface area contributed by atoms with Crippen molar-refractivity contribution in [2.24, 2.45) is 0 Å². The van der Waals surface area contributed by atoms with E-state index in [9.17, 15) is 40.9 Å². The molecule has 2 saturated heterocycles. The van der Waals surface area contributed by atoms with Gasteiger partial charge in [-0.05, 0) is 0 Å². The summed E-state index contributed by atoms with van der Waals surface area (Å²) in [6.45, 7) is -2.57. The van der Waals surface area contributed by atoms with E-state index in [2.05, 4.69) is 0 Å². The third-order valence-electron chi connectivity index (χ3n) is 4.49. The van der Waals surface area contributed by atoms with Gasteiger partial charge < -0.3 is 60.2 Å². The number of aliphatic hydroxyl groups excluding tert-OH is 9. The summed E-state index contributed by atoms with van der Waals surface area (Å²) in [6, 6.07) is 0. The van der Waals surface area contributed by atoms with Crippen LogP contribution in [0.15, 0.2) is 0 Å². The van der Waals surface area contributed by atoms with Crippen LogP contribution in [0.25, 0.3) is 0 Å². The predicted octanol–water partition coefficient (Wildman–Crippen LogP) is -6.03. The van der Waals surface area contributed by atoms with E-state index >= 15 is 0 Å². The zero-order valence-corrected chi connectivity index (χ0v) is 13.1. The molecule has 0 spiro atoms. The van der Waals surface area contributed by atoms with Gasteiger partial charge in [-0.1, -0.05) is 0 Å². The molecule has 2 aliphatic heterocycles. The van der Waals surface area contributed by atoms with Crippen LogP contribution in [0.1, 0.15) is 0 Å². The molecule has 9 N–H and O–H groups in total. The third-order valence-corrected chi connectivity index (χ3v) is 4.49. The Bertz CT molecular complexity index is 429. The number of hydrogen-bond donors (Lipinski definition) is 9. The van der Waals surface area contributed by atoms with Crippen LogP contribution in [0.3, 0.4) is 0 Å². The number of hydrogen-bond acceptors (Lipinski definition) is 12. The number of rotatable bonds is 5. The average Bonchev–Trinajstić information content (AvgIpc) is 2.62. The Kier molecular flexibility index (Phi) is 6.70. The van der Waals surface area contributed by atoms with E-state index in [0.29, 0.717) is 0 Å². The fourth-order valence-corrected chi connectivity index (χ4v) is 2.76. The van der Waals surface area contributed by atoms with Crippen molar-refractivity contribution in [3.63, 3.8) is 0 Å². The van der Waals surface area contributed by atoms with Crippen molar-refractivity contribution in [2.75, 3.05) is 19.8 Å². The second-order valence-electron chi connectivity index (χ2n) is 6.13. The van der Waals surface area contributed by atoms with Crippen LogP contribution in [-0.2, 0) is 14.2 Å². The Morgan fingerprint density at radius 2 is 1.28 bits per heavy atom. The van der Waals surface area contributed by atoms with E-state index in [4.69, 9.17) is 19.3 Å². The summed E-state index contributed by atoms with van der Waals surface area (Å²) in [5, 5.41) is 86.9. The molecule has 0 aromatic carbocycles. The molecule has 2 fully saturated rings. The van der Waals surface area contributed by atoms with E-state index in [1.807, 2.05) is 0 Å². The fourth-order valence-electron chi connectivity index (χ4n) is 2.76. The van der Waals surface area contributed by atoms with Crippen LogP contribution in [0.2, 0.25) is 0 Å². The van der Waals surface area contributed by atoms with Crippen molar-refractivity contribution in [3.8, 4) is 0 Å². The van der Waals surface area contributed by atoms with Gasteiger partial charge in [-0.15, -0.1) is 0 Å². The molecular formula is C13H24O12. The van der Waals surface area contributed by atoms with Crippen molar-refractivity contribution >= 4 is 0 Å². The highest BCUT2D eigenvalue weighted by Crippen LogP contribution is 2.32. The minimum atomic E-state index is -2.06. The highest BCUT2D eigenvalue weighted by molar-refractivity contribution is 5.00. The first-order valence-electron chi connectivity index (χ1n) is 7.62. The lowest BCUT2D eigenvalue weighted by atomic mass is 9.88. The van der Waals surface area contributed by atoms with Gasteiger partial charge in [-0.25, -0.2) is 0 Å². The van der Waals surface area contributed by atoms with Crippen molar-refractivity contribution in [3.05, 3.63) is 0 Å². The molecule has 0 bridgehead atoms. The maximum absolute atomic E-state index is 9.97. The van der Waals surface area contributed by atoms with Gasteiger partial charge in [0.15, 0.2) is 12.6 Å². The summed E-state index contributed by atoms with van der Waals surface area (Å²) >= 11 is 0. The van der Waals surface area contributed by atoms with Gasteiger partial charge in [0.2, 0.25) is 0 Å². The molecule has 2 rings (SSSR count). The van der Waals surface area contributed by atoms with Gasteiger partial charge >= 0.3 is 0 Å². The van der Waals surface area contributed by atoms with Crippen molar-refractivity contribution in [2.45, 2.75) is 60.9 Å². The molecule has 0 aromatic heterocycles. The van der Waals surface area contributed by atoms with Crippen LogP contribution in [-0.4, -0.2) is 127 Å². The Hall–Kier alpha value is -0.480. The summed E-state index contributed by atoms with van der Waals surface area (Å²) in [5.74, 6) is 0. The predicted molar refractivity (Wildman–Crippen MR) is 74.6 cm³/mol. The smallest absolute Gasteiger partial charge is 0.190 e. The largest absolute Gasteiger partial charge is 0.394 e. The molecule has 0 unspecified atom stereocenters. The lowest BCUT2D eigenvalue weighted by molar-refractivity contribution is -0.396. The van der Waals surface area contributed by atoms with Gasteiger partial charge in [0, 0.05) is 0 Å². The van der Waals surface area contributed by atoms with E-state index in [1.165, 1.54) is 0 Å². The molecule has 12 nitrogen and oxygen atoms in total. The summed E-state index contributed by atoms with van der Waals surface area (Å²) in [6.07, 6.45) is -15.5. The van der Waals surface area contributed by atoms with Gasteiger partial charge in [0.05, 0.1) is 19.8 Å². The molecule has 148 valence electrons. The average molecular weight is 372 g/mol. The monoisotopic (exact) mass is 372 g/mol. The van der Waals surface area contributed by atoms with Gasteiger partial charge in [0.1, 0.15) is 48.3 Å². The second kappa shape index (κ2) is 8.04. The SMILES string of the molecule is OC[C@H]1O[C@H](O[C@@H]2OC(CO)(CO)[C@H](O)[C@H](O)[C@H]2O)[C@H](O)[C@@H](O)[C@H]1O. The molecule has 25 heavy (non-hydrogen) atoms. The Balaban J connectivity index is 2.17. The lowest BCUT2D eigenvalue weighted by Gasteiger charge is -2.48. The van der Waals surface area contributed by atoms with E-state index < -0.39 is 80.7 Å². The molecule has 0 amide bonds. The Morgan fingerprint density at radius 3 is 1.80 bits per heavy atom. The summed E-state index contributed by atoms with van der Waals surface area (Å²) in [4.78, 5) is 0. The molecular weight excluding hydrogens is 348 g/mol. The Morgan fingerprint density at radius 1 is 0.720 bits per heavy atom. The van der Waals surface area contributed by atoms with Crippen molar-refractivity contribution in [1.29, 1.82) is 0 Å².